The summed E-state index contributed by atoms with van der Waals surface area (Å²) in [5.74, 6) is 0. The van der Waals surface area contributed by atoms with E-state index in [-0.39, 0.29) is 0 Å². The Bertz CT molecular complexity index is 550. The van der Waals surface area contributed by atoms with Crippen LogP contribution in [0.4, 0.5) is 0 Å². The van der Waals surface area contributed by atoms with Crippen LogP contribution in [0.25, 0.3) is 21.8 Å². The van der Waals surface area contributed by atoms with Crippen LogP contribution in [0.1, 0.15) is 0 Å². The molecule has 3 nitrogen and oxygen atoms in total. The number of benzene rings is 1. The summed E-state index contributed by atoms with van der Waals surface area (Å²) in [6.45, 7) is 0. The molecule has 0 unspecified atom stereocenters. The summed E-state index contributed by atoms with van der Waals surface area (Å²) in [6, 6.07) is 9.86. The van der Waals surface area contributed by atoms with Crippen molar-refractivity contribution in [3.63, 3.8) is 0 Å². The Hall–Kier alpha value is -2.03. The fraction of sp³-hybridized carbons (Fsp3) is 0. The molecule has 0 aliphatic rings. The van der Waals surface area contributed by atoms with Crippen molar-refractivity contribution in [1.82, 2.24) is 15.2 Å². The number of para-hydroxylation sites is 1. The molecule has 0 N–H and O–H groups in total. The molecule has 0 aliphatic heterocycles. The number of pyridine rings is 1. The molecule has 0 spiro atoms. The highest BCUT2D eigenvalue weighted by Gasteiger charge is 2.00. The van der Waals surface area contributed by atoms with E-state index in [1.807, 2.05) is 36.5 Å². The monoisotopic (exact) mass is 181 g/mol. The van der Waals surface area contributed by atoms with Gasteiger partial charge < -0.3 is 0 Å². The molecule has 1 aromatic carbocycles. The van der Waals surface area contributed by atoms with E-state index in [1.54, 1.807) is 6.20 Å². The van der Waals surface area contributed by atoms with E-state index in [4.69, 9.17) is 0 Å². The van der Waals surface area contributed by atoms with E-state index >= 15 is 0 Å². The lowest BCUT2D eigenvalue weighted by Gasteiger charge is -1.99. The van der Waals surface area contributed by atoms with Crippen molar-refractivity contribution in [2.75, 3.05) is 0 Å². The van der Waals surface area contributed by atoms with Crippen molar-refractivity contribution in [2.45, 2.75) is 0 Å². The molecule has 0 amide bonds. The van der Waals surface area contributed by atoms with Gasteiger partial charge in [-0.2, -0.15) is 5.10 Å². The normalized spacial score (nSPS) is 10.9. The Morgan fingerprint density at radius 3 is 2.93 bits per heavy atom. The highest BCUT2D eigenvalue weighted by Crippen LogP contribution is 2.19. The van der Waals surface area contributed by atoms with Crippen molar-refractivity contribution in [2.24, 2.45) is 0 Å². The number of aromatic nitrogens is 3. The number of rotatable bonds is 0. The third-order valence-corrected chi connectivity index (χ3v) is 2.25. The zero-order valence-electron chi connectivity index (χ0n) is 7.38. The van der Waals surface area contributed by atoms with Gasteiger partial charge in [-0.05, 0) is 12.1 Å². The van der Waals surface area contributed by atoms with Gasteiger partial charge in [0.25, 0.3) is 0 Å². The van der Waals surface area contributed by atoms with Crippen molar-refractivity contribution >= 4 is 21.8 Å². The Morgan fingerprint density at radius 1 is 1.00 bits per heavy atom. The third kappa shape index (κ3) is 0.956. The topological polar surface area (TPSA) is 38.7 Å². The maximum absolute atomic E-state index is 4.34. The van der Waals surface area contributed by atoms with E-state index in [0.717, 1.165) is 21.8 Å². The van der Waals surface area contributed by atoms with Crippen LogP contribution in [-0.2, 0) is 0 Å². The van der Waals surface area contributed by atoms with Crippen molar-refractivity contribution in [3.8, 4) is 0 Å². The summed E-state index contributed by atoms with van der Waals surface area (Å²) >= 11 is 0. The van der Waals surface area contributed by atoms with Gasteiger partial charge >= 0.3 is 0 Å². The summed E-state index contributed by atoms with van der Waals surface area (Å²) in [5, 5.41) is 10.1. The van der Waals surface area contributed by atoms with Crippen LogP contribution in [0.5, 0.6) is 0 Å². The Labute approximate surface area is 80.4 Å². The van der Waals surface area contributed by atoms with Gasteiger partial charge in [-0.1, -0.05) is 18.2 Å². The average Bonchev–Trinajstić information content (AvgIpc) is 2.29. The minimum atomic E-state index is 0.915. The molecule has 0 aliphatic carbocycles. The summed E-state index contributed by atoms with van der Waals surface area (Å²) in [6.07, 6.45) is 3.51. The Morgan fingerprint density at radius 2 is 1.93 bits per heavy atom. The van der Waals surface area contributed by atoms with Crippen LogP contribution in [-0.4, -0.2) is 15.2 Å². The molecule has 66 valence electrons. The molecule has 0 bridgehead atoms. The molecule has 2 heterocycles. The van der Waals surface area contributed by atoms with Crippen LogP contribution < -0.4 is 0 Å². The standard InChI is InChI=1S/C11H7N3/c1-2-4-10-9(3-1)11-8(7-12-10)5-6-13-14-11/h1-7H. The molecule has 0 radical (unpaired) electrons. The second-order valence-corrected chi connectivity index (χ2v) is 3.11. The van der Waals surface area contributed by atoms with Gasteiger partial charge in [-0.3, -0.25) is 4.98 Å². The van der Waals surface area contributed by atoms with Crippen LogP contribution in [0, 0.1) is 0 Å². The van der Waals surface area contributed by atoms with Gasteiger partial charge in [0, 0.05) is 17.0 Å². The quantitative estimate of drug-likeness (QED) is 0.499. The molecule has 0 saturated carbocycles. The largest absolute Gasteiger partial charge is 0.255 e. The minimum Gasteiger partial charge on any atom is -0.255 e. The molecule has 2 aromatic heterocycles. The lowest BCUT2D eigenvalue weighted by Crippen LogP contribution is -1.86. The summed E-state index contributed by atoms with van der Waals surface area (Å²) < 4.78 is 0. The fourth-order valence-corrected chi connectivity index (χ4v) is 1.58. The van der Waals surface area contributed by atoms with Gasteiger partial charge in [0.15, 0.2) is 0 Å². The molecule has 3 aromatic rings. The highest BCUT2D eigenvalue weighted by atomic mass is 15.1. The maximum Gasteiger partial charge on any atom is 0.104 e. The first kappa shape index (κ1) is 7.38. The molecule has 0 atom stereocenters. The second-order valence-electron chi connectivity index (χ2n) is 3.11. The SMILES string of the molecule is c1ccc2c(c1)ncc1ccnnc12. The van der Waals surface area contributed by atoms with Gasteiger partial charge in [-0.15, -0.1) is 5.10 Å². The molecule has 14 heavy (non-hydrogen) atoms. The van der Waals surface area contributed by atoms with Gasteiger partial charge in [0.1, 0.15) is 5.52 Å². The smallest absolute Gasteiger partial charge is 0.104 e. The second kappa shape index (κ2) is 2.73. The highest BCUT2D eigenvalue weighted by molar-refractivity contribution is 6.02. The first-order valence-corrected chi connectivity index (χ1v) is 4.40. The summed E-state index contributed by atoms with van der Waals surface area (Å²) in [4.78, 5) is 4.34. The van der Waals surface area contributed by atoms with E-state index in [9.17, 15) is 0 Å². The lowest BCUT2D eigenvalue weighted by molar-refractivity contribution is 1.08. The third-order valence-electron chi connectivity index (χ3n) is 2.25. The number of hydrogen-bond donors (Lipinski definition) is 0. The zero-order valence-corrected chi connectivity index (χ0v) is 7.38. The van der Waals surface area contributed by atoms with Gasteiger partial charge in [-0.25, -0.2) is 0 Å². The van der Waals surface area contributed by atoms with E-state index in [2.05, 4.69) is 15.2 Å². The first-order valence-electron chi connectivity index (χ1n) is 4.40. The molecule has 3 heteroatoms. The van der Waals surface area contributed by atoms with E-state index in [1.165, 1.54) is 0 Å². The summed E-state index contributed by atoms with van der Waals surface area (Å²) in [5.41, 5.74) is 1.87. The molecule has 0 fully saturated rings. The lowest BCUT2D eigenvalue weighted by atomic mass is 10.1. The fourth-order valence-electron chi connectivity index (χ4n) is 1.58. The van der Waals surface area contributed by atoms with E-state index < -0.39 is 0 Å². The summed E-state index contributed by atoms with van der Waals surface area (Å²) in [7, 11) is 0. The molecule has 0 saturated heterocycles. The predicted molar refractivity (Wildman–Crippen MR) is 54.8 cm³/mol. The molecule has 3 rings (SSSR count). The number of hydrogen-bond acceptors (Lipinski definition) is 3. The minimum absolute atomic E-state index is 0.915. The van der Waals surface area contributed by atoms with Crippen molar-refractivity contribution < 1.29 is 0 Å². The first-order chi connectivity index (χ1) is 6.95. The van der Waals surface area contributed by atoms with Gasteiger partial charge in [0.05, 0.1) is 11.7 Å². The van der Waals surface area contributed by atoms with Crippen LogP contribution >= 0.6 is 0 Å². The van der Waals surface area contributed by atoms with Crippen LogP contribution in [0.2, 0.25) is 0 Å². The zero-order chi connectivity index (χ0) is 9.38. The van der Waals surface area contributed by atoms with Gasteiger partial charge in [0.2, 0.25) is 0 Å². The molecular weight excluding hydrogens is 174 g/mol. The predicted octanol–water partition coefficient (Wildman–Crippen LogP) is 2.18. The Kier molecular flexibility index (Phi) is 1.44. The van der Waals surface area contributed by atoms with Crippen molar-refractivity contribution in [3.05, 3.63) is 42.7 Å². The van der Waals surface area contributed by atoms with Crippen molar-refractivity contribution in [1.29, 1.82) is 0 Å². The Balaban J connectivity index is 2.61. The van der Waals surface area contributed by atoms with E-state index in [0.29, 0.717) is 0 Å². The average molecular weight is 181 g/mol. The van der Waals surface area contributed by atoms with Crippen LogP contribution in [0.3, 0.4) is 0 Å². The number of nitrogens with zero attached hydrogens (tertiary/aromatic N) is 3. The maximum atomic E-state index is 4.34. The molecular formula is C11H7N3. The van der Waals surface area contributed by atoms with Crippen LogP contribution in [0.15, 0.2) is 42.7 Å². The number of fused-ring (bicyclic) bond motifs is 3.